The largest absolute Gasteiger partial charge is 0.492 e. The molecule has 1 amide bonds. The van der Waals surface area contributed by atoms with Crippen molar-refractivity contribution >= 4 is 5.91 Å². The molecule has 1 atom stereocenters. The third-order valence-corrected chi connectivity index (χ3v) is 4.32. The summed E-state index contributed by atoms with van der Waals surface area (Å²) in [6, 6.07) is 7.97. The number of nitrogens with one attached hydrogen (secondary N) is 2. The SMILES string of the molecule is O=C(CN1CCC[C@@H](c2ccn[nH]2)C1)NCCOc1cccc(F)c1. The molecule has 7 heteroatoms. The first-order valence-corrected chi connectivity index (χ1v) is 8.57. The molecule has 6 nitrogen and oxygen atoms in total. The summed E-state index contributed by atoms with van der Waals surface area (Å²) in [5.74, 6) is 0.514. The number of nitrogens with zero attached hydrogens (tertiary/aromatic N) is 2. The molecule has 1 aromatic carbocycles. The van der Waals surface area contributed by atoms with Crippen LogP contribution in [-0.2, 0) is 4.79 Å². The minimum absolute atomic E-state index is 0.0203. The molecule has 3 rings (SSSR count). The second kappa shape index (κ2) is 8.62. The van der Waals surface area contributed by atoms with Gasteiger partial charge in [0.1, 0.15) is 18.2 Å². The van der Waals surface area contributed by atoms with Gasteiger partial charge in [0.25, 0.3) is 0 Å². The highest BCUT2D eigenvalue weighted by Gasteiger charge is 2.23. The standard InChI is InChI=1S/C18H23FN4O2/c19-15-4-1-5-16(11-15)25-10-8-20-18(24)13-23-9-2-3-14(12-23)17-6-7-21-22-17/h1,4-7,11,14H,2-3,8-10,12-13H2,(H,20,24)(H,21,22)/t14-/m1/s1. The molecule has 0 bridgehead atoms. The normalized spacial score (nSPS) is 18.0. The minimum Gasteiger partial charge on any atom is -0.492 e. The average Bonchev–Trinajstić information content (AvgIpc) is 3.14. The lowest BCUT2D eigenvalue weighted by atomic mass is 9.95. The van der Waals surface area contributed by atoms with Gasteiger partial charge in [-0.3, -0.25) is 14.8 Å². The van der Waals surface area contributed by atoms with E-state index in [1.807, 2.05) is 6.07 Å². The Kier molecular flexibility index (Phi) is 6.00. The average molecular weight is 346 g/mol. The molecule has 0 unspecified atom stereocenters. The zero-order chi connectivity index (χ0) is 17.5. The first-order chi connectivity index (χ1) is 12.2. The number of aromatic nitrogens is 2. The van der Waals surface area contributed by atoms with Crippen LogP contribution in [0.5, 0.6) is 5.75 Å². The fourth-order valence-electron chi connectivity index (χ4n) is 3.12. The van der Waals surface area contributed by atoms with Gasteiger partial charge in [-0.1, -0.05) is 6.07 Å². The van der Waals surface area contributed by atoms with Crippen LogP contribution in [0.3, 0.4) is 0 Å². The van der Waals surface area contributed by atoms with Crippen LogP contribution in [0.2, 0.25) is 0 Å². The number of hydrogen-bond acceptors (Lipinski definition) is 4. The van der Waals surface area contributed by atoms with Crippen LogP contribution >= 0.6 is 0 Å². The van der Waals surface area contributed by atoms with Crippen LogP contribution in [0.1, 0.15) is 24.5 Å². The summed E-state index contributed by atoms with van der Waals surface area (Å²) >= 11 is 0. The summed E-state index contributed by atoms with van der Waals surface area (Å²) in [4.78, 5) is 14.2. The van der Waals surface area contributed by atoms with E-state index in [0.29, 0.717) is 31.4 Å². The van der Waals surface area contributed by atoms with Crippen LogP contribution in [-0.4, -0.2) is 53.8 Å². The summed E-state index contributed by atoms with van der Waals surface area (Å²) in [5.41, 5.74) is 1.13. The Labute approximate surface area is 146 Å². The first-order valence-electron chi connectivity index (χ1n) is 8.57. The Morgan fingerprint density at radius 1 is 1.44 bits per heavy atom. The number of likely N-dealkylation sites (tertiary alicyclic amines) is 1. The van der Waals surface area contributed by atoms with E-state index < -0.39 is 0 Å². The van der Waals surface area contributed by atoms with E-state index in [4.69, 9.17) is 4.74 Å². The van der Waals surface area contributed by atoms with Crippen LogP contribution in [0.15, 0.2) is 36.5 Å². The van der Waals surface area contributed by atoms with Gasteiger partial charge in [0.15, 0.2) is 0 Å². The van der Waals surface area contributed by atoms with Gasteiger partial charge in [0, 0.05) is 30.4 Å². The molecule has 1 aromatic heterocycles. The number of H-pyrrole nitrogens is 1. The summed E-state index contributed by atoms with van der Waals surface area (Å²) in [5, 5.41) is 9.87. The van der Waals surface area contributed by atoms with Crippen LogP contribution < -0.4 is 10.1 Å². The van der Waals surface area contributed by atoms with Crippen molar-refractivity contribution in [2.24, 2.45) is 0 Å². The molecular formula is C18H23FN4O2. The van der Waals surface area contributed by atoms with Crippen molar-refractivity contribution in [3.8, 4) is 5.75 Å². The molecule has 0 radical (unpaired) electrons. The Bertz CT molecular complexity index is 677. The maximum absolute atomic E-state index is 13.0. The fraction of sp³-hybridized carbons (Fsp3) is 0.444. The highest BCUT2D eigenvalue weighted by molar-refractivity contribution is 5.78. The predicted molar refractivity (Wildman–Crippen MR) is 91.9 cm³/mol. The second-order valence-corrected chi connectivity index (χ2v) is 6.24. The quantitative estimate of drug-likeness (QED) is 0.752. The van der Waals surface area contributed by atoms with E-state index in [1.165, 1.54) is 12.1 Å². The molecule has 0 spiro atoms. The van der Waals surface area contributed by atoms with Crippen LogP contribution in [0, 0.1) is 5.82 Å². The van der Waals surface area contributed by atoms with Gasteiger partial charge in [0.05, 0.1) is 13.1 Å². The molecule has 2 N–H and O–H groups in total. The molecule has 1 saturated heterocycles. The number of carbonyl (C=O) groups is 1. The van der Waals surface area contributed by atoms with Gasteiger partial charge in [-0.15, -0.1) is 0 Å². The molecule has 1 fully saturated rings. The van der Waals surface area contributed by atoms with Crippen LogP contribution in [0.4, 0.5) is 4.39 Å². The lowest BCUT2D eigenvalue weighted by molar-refractivity contribution is -0.122. The fourth-order valence-corrected chi connectivity index (χ4v) is 3.12. The topological polar surface area (TPSA) is 70.2 Å². The number of rotatable bonds is 7. The van der Waals surface area contributed by atoms with Crippen molar-refractivity contribution in [1.29, 1.82) is 0 Å². The maximum atomic E-state index is 13.0. The lowest BCUT2D eigenvalue weighted by Crippen LogP contribution is -2.42. The molecule has 2 heterocycles. The van der Waals surface area contributed by atoms with E-state index in [-0.39, 0.29) is 11.7 Å². The Morgan fingerprint density at radius 3 is 3.16 bits per heavy atom. The first kappa shape index (κ1) is 17.4. The molecule has 1 aliphatic rings. The van der Waals surface area contributed by atoms with Gasteiger partial charge in [-0.2, -0.15) is 5.10 Å². The van der Waals surface area contributed by atoms with E-state index in [0.717, 1.165) is 31.6 Å². The van der Waals surface area contributed by atoms with Crippen molar-refractivity contribution in [1.82, 2.24) is 20.4 Å². The van der Waals surface area contributed by atoms with Gasteiger partial charge >= 0.3 is 0 Å². The second-order valence-electron chi connectivity index (χ2n) is 6.24. The Hall–Kier alpha value is -2.41. The zero-order valence-corrected chi connectivity index (χ0v) is 14.1. The van der Waals surface area contributed by atoms with Crippen molar-refractivity contribution in [2.45, 2.75) is 18.8 Å². The monoisotopic (exact) mass is 346 g/mol. The van der Waals surface area contributed by atoms with Gasteiger partial charge in [-0.05, 0) is 37.6 Å². The number of ether oxygens (including phenoxy) is 1. The summed E-state index contributed by atoms with van der Waals surface area (Å²) < 4.78 is 18.5. The highest BCUT2D eigenvalue weighted by atomic mass is 19.1. The number of amides is 1. The molecule has 2 aromatic rings. The Balaban J connectivity index is 1.36. The van der Waals surface area contributed by atoms with E-state index in [2.05, 4.69) is 20.4 Å². The summed E-state index contributed by atoms with van der Waals surface area (Å²) in [6.45, 7) is 2.87. The third-order valence-electron chi connectivity index (χ3n) is 4.32. The number of halogens is 1. The molecule has 25 heavy (non-hydrogen) atoms. The highest BCUT2D eigenvalue weighted by Crippen LogP contribution is 2.24. The lowest BCUT2D eigenvalue weighted by Gasteiger charge is -2.31. The number of carbonyl (C=O) groups excluding carboxylic acids is 1. The van der Waals surface area contributed by atoms with Crippen LogP contribution in [0.25, 0.3) is 0 Å². The molecule has 134 valence electrons. The summed E-state index contributed by atoms with van der Waals surface area (Å²) in [6.07, 6.45) is 3.95. The van der Waals surface area contributed by atoms with Gasteiger partial charge in [0.2, 0.25) is 5.91 Å². The smallest absolute Gasteiger partial charge is 0.234 e. The van der Waals surface area contributed by atoms with E-state index in [1.54, 1.807) is 18.3 Å². The third kappa shape index (κ3) is 5.29. The number of benzene rings is 1. The number of hydrogen-bond donors (Lipinski definition) is 2. The molecule has 1 aliphatic heterocycles. The van der Waals surface area contributed by atoms with Crippen molar-refractivity contribution in [2.75, 3.05) is 32.8 Å². The minimum atomic E-state index is -0.335. The maximum Gasteiger partial charge on any atom is 0.234 e. The van der Waals surface area contributed by atoms with Crippen molar-refractivity contribution < 1.29 is 13.9 Å². The zero-order valence-electron chi connectivity index (χ0n) is 14.1. The molecule has 0 saturated carbocycles. The molecular weight excluding hydrogens is 323 g/mol. The predicted octanol–water partition coefficient (Wildman–Crippen LogP) is 1.92. The molecule has 0 aliphatic carbocycles. The summed E-state index contributed by atoms with van der Waals surface area (Å²) in [7, 11) is 0. The van der Waals surface area contributed by atoms with E-state index in [9.17, 15) is 9.18 Å². The number of aromatic amines is 1. The van der Waals surface area contributed by atoms with Crippen molar-refractivity contribution in [3.63, 3.8) is 0 Å². The van der Waals surface area contributed by atoms with Gasteiger partial charge in [-0.25, -0.2) is 4.39 Å². The number of piperidine rings is 1. The Morgan fingerprint density at radius 2 is 2.36 bits per heavy atom. The van der Waals surface area contributed by atoms with E-state index >= 15 is 0 Å². The van der Waals surface area contributed by atoms with Crippen molar-refractivity contribution in [3.05, 3.63) is 48.0 Å². The van der Waals surface area contributed by atoms with Gasteiger partial charge < -0.3 is 10.1 Å².